The van der Waals surface area contributed by atoms with Crippen LogP contribution in [0.5, 0.6) is 0 Å². The molecular weight excluding hydrogens is 304 g/mol. The first-order valence-electron chi connectivity index (χ1n) is 7.09. The number of halogens is 2. The second kappa shape index (κ2) is 6.66. The van der Waals surface area contributed by atoms with Crippen molar-refractivity contribution in [1.29, 1.82) is 0 Å². The van der Waals surface area contributed by atoms with Gasteiger partial charge in [-0.2, -0.15) is 4.98 Å². The molecule has 120 valence electrons. The lowest BCUT2D eigenvalue weighted by Gasteiger charge is -2.12. The maximum atomic E-state index is 13.7. The second-order valence-corrected chi connectivity index (χ2v) is 5.15. The summed E-state index contributed by atoms with van der Waals surface area (Å²) in [5.74, 6) is -1.30. The molecule has 3 rings (SSSR count). The van der Waals surface area contributed by atoms with Crippen molar-refractivity contribution >= 4 is 0 Å². The minimum absolute atomic E-state index is 0.136. The van der Waals surface area contributed by atoms with Gasteiger partial charge in [0.05, 0.1) is 12.9 Å². The van der Waals surface area contributed by atoms with E-state index in [2.05, 4.69) is 20.4 Å². The molecule has 0 saturated heterocycles. The van der Waals surface area contributed by atoms with Crippen LogP contribution >= 0.6 is 0 Å². The lowest BCUT2D eigenvalue weighted by atomic mass is 10.2. The average Bonchev–Trinajstić information content (AvgIpc) is 3.17. The lowest BCUT2D eigenvalue weighted by molar-refractivity contribution is 0.407. The molecule has 0 saturated carbocycles. The molecule has 1 N–H and O–H groups in total. The maximum Gasteiger partial charge on any atom is 0.263 e. The highest BCUT2D eigenvalue weighted by Gasteiger charge is 2.18. The van der Waals surface area contributed by atoms with Gasteiger partial charge in [-0.05, 0) is 19.1 Å². The van der Waals surface area contributed by atoms with E-state index in [0.717, 1.165) is 18.7 Å². The third kappa shape index (κ3) is 3.59. The molecule has 0 radical (unpaired) electrons. The van der Waals surface area contributed by atoms with Gasteiger partial charge in [0.2, 0.25) is 0 Å². The molecule has 0 aliphatic carbocycles. The molecule has 3 aromatic rings. The van der Waals surface area contributed by atoms with Gasteiger partial charge in [0.15, 0.2) is 5.82 Å². The lowest BCUT2D eigenvalue weighted by Crippen LogP contribution is -2.29. The number of nitrogens with zero attached hydrogens (tertiary/aromatic N) is 4. The summed E-state index contributed by atoms with van der Waals surface area (Å²) < 4.78 is 34.3. The van der Waals surface area contributed by atoms with E-state index in [9.17, 15) is 8.78 Å². The summed E-state index contributed by atoms with van der Waals surface area (Å²) in [4.78, 5) is 8.00. The Bertz CT molecular complexity index is 752. The summed E-state index contributed by atoms with van der Waals surface area (Å²) in [5, 5.41) is 6.95. The fourth-order valence-corrected chi connectivity index (χ4v) is 2.17. The van der Waals surface area contributed by atoms with Crippen molar-refractivity contribution in [3.8, 4) is 11.5 Å². The van der Waals surface area contributed by atoms with Crippen LogP contribution in [0.4, 0.5) is 8.78 Å². The SMILES string of the molecule is C[C@H](Cn1ccnc1)NCc1noc(-c2c(F)cccc2F)n1. The Labute approximate surface area is 131 Å². The van der Waals surface area contributed by atoms with Gasteiger partial charge < -0.3 is 14.4 Å². The number of benzene rings is 1. The molecule has 1 aromatic carbocycles. The summed E-state index contributed by atoms with van der Waals surface area (Å²) >= 11 is 0. The Morgan fingerprint density at radius 2 is 2.09 bits per heavy atom. The van der Waals surface area contributed by atoms with E-state index in [-0.39, 0.29) is 17.5 Å². The maximum absolute atomic E-state index is 13.7. The molecule has 0 fully saturated rings. The molecule has 23 heavy (non-hydrogen) atoms. The molecule has 2 aromatic heterocycles. The van der Waals surface area contributed by atoms with E-state index in [1.807, 2.05) is 17.7 Å². The van der Waals surface area contributed by atoms with E-state index >= 15 is 0 Å². The monoisotopic (exact) mass is 319 g/mol. The van der Waals surface area contributed by atoms with Crippen LogP contribution in [-0.2, 0) is 13.1 Å². The smallest absolute Gasteiger partial charge is 0.263 e. The third-order valence-electron chi connectivity index (χ3n) is 3.30. The number of rotatable bonds is 6. The van der Waals surface area contributed by atoms with Crippen LogP contribution in [0.1, 0.15) is 12.7 Å². The van der Waals surface area contributed by atoms with Crippen molar-refractivity contribution < 1.29 is 13.3 Å². The van der Waals surface area contributed by atoms with E-state index in [0.29, 0.717) is 12.4 Å². The number of imidazole rings is 1. The second-order valence-electron chi connectivity index (χ2n) is 5.15. The highest BCUT2D eigenvalue weighted by molar-refractivity contribution is 5.54. The predicted octanol–water partition coefficient (Wildman–Crippen LogP) is 2.39. The van der Waals surface area contributed by atoms with Crippen LogP contribution in [0, 0.1) is 11.6 Å². The first kappa shape index (κ1) is 15.3. The highest BCUT2D eigenvalue weighted by atomic mass is 19.1. The first-order chi connectivity index (χ1) is 11.1. The standard InChI is InChI=1S/C15H15F2N5O/c1-10(8-22-6-5-18-9-22)19-7-13-20-15(23-21-13)14-11(16)3-2-4-12(14)17/h2-6,9-10,19H,7-8H2,1H3/t10-/m1/s1. The Balaban J connectivity index is 1.63. The van der Waals surface area contributed by atoms with Gasteiger partial charge >= 0.3 is 0 Å². The van der Waals surface area contributed by atoms with Crippen LogP contribution in [-0.4, -0.2) is 25.7 Å². The van der Waals surface area contributed by atoms with Crippen molar-refractivity contribution in [3.05, 3.63) is 54.4 Å². The number of nitrogens with one attached hydrogen (secondary N) is 1. The summed E-state index contributed by atoms with van der Waals surface area (Å²) in [5.41, 5.74) is -0.308. The Hall–Kier alpha value is -2.61. The summed E-state index contributed by atoms with van der Waals surface area (Å²) in [6.45, 7) is 3.06. The highest BCUT2D eigenvalue weighted by Crippen LogP contribution is 2.24. The minimum Gasteiger partial charge on any atom is -0.336 e. The van der Waals surface area contributed by atoms with Crippen molar-refractivity contribution in [1.82, 2.24) is 25.0 Å². The largest absolute Gasteiger partial charge is 0.336 e. The number of aromatic nitrogens is 4. The molecule has 2 heterocycles. The van der Waals surface area contributed by atoms with Crippen LogP contribution in [0.2, 0.25) is 0 Å². The molecule has 6 nitrogen and oxygen atoms in total. The molecule has 0 unspecified atom stereocenters. The third-order valence-corrected chi connectivity index (χ3v) is 3.30. The Kier molecular flexibility index (Phi) is 4.42. The van der Waals surface area contributed by atoms with Crippen LogP contribution in [0.3, 0.4) is 0 Å². The molecular formula is C15H15F2N5O. The van der Waals surface area contributed by atoms with E-state index in [1.54, 1.807) is 12.5 Å². The normalized spacial score (nSPS) is 12.5. The fraction of sp³-hybridized carbons (Fsp3) is 0.267. The van der Waals surface area contributed by atoms with Crippen molar-refractivity contribution in [2.75, 3.05) is 0 Å². The van der Waals surface area contributed by atoms with Crippen molar-refractivity contribution in [2.24, 2.45) is 0 Å². The predicted molar refractivity (Wildman–Crippen MR) is 78.2 cm³/mol. The minimum atomic E-state index is -0.735. The zero-order valence-corrected chi connectivity index (χ0v) is 12.4. The molecule has 0 amide bonds. The fourth-order valence-electron chi connectivity index (χ4n) is 2.17. The molecule has 0 bridgehead atoms. The summed E-state index contributed by atoms with van der Waals surface area (Å²) in [7, 11) is 0. The van der Waals surface area contributed by atoms with Crippen molar-refractivity contribution in [3.63, 3.8) is 0 Å². The van der Waals surface area contributed by atoms with E-state index in [1.165, 1.54) is 6.07 Å². The molecule has 1 atom stereocenters. The van der Waals surface area contributed by atoms with Gasteiger partial charge in [-0.3, -0.25) is 0 Å². The molecule has 0 aliphatic rings. The van der Waals surface area contributed by atoms with Crippen molar-refractivity contribution in [2.45, 2.75) is 26.1 Å². The quantitative estimate of drug-likeness (QED) is 0.755. The molecule has 8 heteroatoms. The van der Waals surface area contributed by atoms with Gasteiger partial charge in [-0.25, -0.2) is 13.8 Å². The molecule has 0 spiro atoms. The number of hydrogen-bond donors (Lipinski definition) is 1. The Morgan fingerprint density at radius 3 is 2.78 bits per heavy atom. The van der Waals surface area contributed by atoms with Crippen LogP contribution in [0.25, 0.3) is 11.5 Å². The molecule has 0 aliphatic heterocycles. The van der Waals surface area contributed by atoms with E-state index in [4.69, 9.17) is 4.52 Å². The Morgan fingerprint density at radius 1 is 1.30 bits per heavy atom. The number of hydrogen-bond acceptors (Lipinski definition) is 5. The zero-order chi connectivity index (χ0) is 16.2. The van der Waals surface area contributed by atoms with Crippen LogP contribution in [0.15, 0.2) is 41.4 Å². The van der Waals surface area contributed by atoms with Gasteiger partial charge in [0.25, 0.3) is 5.89 Å². The summed E-state index contributed by atoms with van der Waals surface area (Å²) in [6, 6.07) is 3.71. The van der Waals surface area contributed by atoms with Gasteiger partial charge in [0.1, 0.15) is 17.2 Å². The van der Waals surface area contributed by atoms with Gasteiger partial charge in [0, 0.05) is 25.0 Å². The van der Waals surface area contributed by atoms with Crippen LogP contribution < -0.4 is 5.32 Å². The zero-order valence-electron chi connectivity index (χ0n) is 12.4. The summed E-state index contributed by atoms with van der Waals surface area (Å²) in [6.07, 6.45) is 5.30. The average molecular weight is 319 g/mol. The first-order valence-corrected chi connectivity index (χ1v) is 7.09. The topological polar surface area (TPSA) is 68.8 Å². The van der Waals surface area contributed by atoms with Gasteiger partial charge in [-0.15, -0.1) is 0 Å². The van der Waals surface area contributed by atoms with Gasteiger partial charge in [-0.1, -0.05) is 11.2 Å². The van der Waals surface area contributed by atoms with E-state index < -0.39 is 11.6 Å².